The van der Waals surface area contributed by atoms with Gasteiger partial charge in [-0.3, -0.25) is 0 Å². The maximum Gasteiger partial charge on any atom is 0.337 e. The summed E-state index contributed by atoms with van der Waals surface area (Å²) in [5.41, 5.74) is 4.91. The highest BCUT2D eigenvalue weighted by Gasteiger charge is 2.19. The van der Waals surface area contributed by atoms with Crippen molar-refractivity contribution in [2.75, 3.05) is 13.7 Å². The number of aryl methyl sites for hydroxylation is 1. The van der Waals surface area contributed by atoms with Gasteiger partial charge in [0.25, 0.3) is 0 Å². The predicted octanol–water partition coefficient (Wildman–Crippen LogP) is 3.61. The molecular formula is C18H16O3. The highest BCUT2D eigenvalue weighted by Crippen LogP contribution is 2.36. The smallest absolute Gasteiger partial charge is 0.337 e. The Labute approximate surface area is 123 Å². The van der Waals surface area contributed by atoms with Crippen LogP contribution >= 0.6 is 0 Å². The van der Waals surface area contributed by atoms with Crippen molar-refractivity contribution in [1.82, 2.24) is 0 Å². The number of methoxy groups -OCH3 is 1. The Morgan fingerprint density at radius 1 is 1.14 bits per heavy atom. The molecule has 3 rings (SSSR count). The molecule has 0 aromatic heterocycles. The van der Waals surface area contributed by atoms with Gasteiger partial charge in [-0.1, -0.05) is 24.3 Å². The molecule has 0 radical (unpaired) electrons. The molecule has 3 heteroatoms. The number of rotatable bonds is 2. The van der Waals surface area contributed by atoms with E-state index in [1.807, 2.05) is 30.3 Å². The maximum atomic E-state index is 11.7. The number of carbonyl (C=O) groups excluding carboxylic acids is 1. The highest BCUT2D eigenvalue weighted by atomic mass is 16.5. The highest BCUT2D eigenvalue weighted by molar-refractivity contribution is 5.93. The summed E-state index contributed by atoms with van der Waals surface area (Å²) >= 11 is 0. The van der Waals surface area contributed by atoms with Crippen LogP contribution < -0.4 is 4.74 Å². The normalized spacial score (nSPS) is 13.0. The van der Waals surface area contributed by atoms with Gasteiger partial charge in [0.05, 0.1) is 12.7 Å². The van der Waals surface area contributed by atoms with Crippen molar-refractivity contribution in [3.05, 3.63) is 70.8 Å². The number of carbonyl (C=O) groups is 1. The molecule has 0 saturated carbocycles. The van der Waals surface area contributed by atoms with E-state index >= 15 is 0 Å². The molecule has 0 atom stereocenters. The van der Waals surface area contributed by atoms with Crippen molar-refractivity contribution in [3.63, 3.8) is 0 Å². The van der Waals surface area contributed by atoms with Gasteiger partial charge in [-0.05, 0) is 47.9 Å². The third-order valence-corrected chi connectivity index (χ3v) is 3.65. The second-order valence-electron chi connectivity index (χ2n) is 4.95. The van der Waals surface area contributed by atoms with Gasteiger partial charge in [0.2, 0.25) is 0 Å². The standard InChI is InChI=1S/C18H16O3/c1-12-5-3-4-6-14(12)15-9-10-21-17-8-7-13(11-16(15)17)18(19)20-2/h3-9,11H,10H2,1-2H3. The van der Waals surface area contributed by atoms with Crippen LogP contribution in [0.15, 0.2) is 48.5 Å². The molecule has 1 heterocycles. The maximum absolute atomic E-state index is 11.7. The molecule has 0 N–H and O–H groups in total. The van der Waals surface area contributed by atoms with E-state index in [2.05, 4.69) is 19.1 Å². The number of fused-ring (bicyclic) bond motifs is 1. The van der Waals surface area contributed by atoms with E-state index in [0.717, 1.165) is 22.4 Å². The predicted molar refractivity (Wildman–Crippen MR) is 81.5 cm³/mol. The van der Waals surface area contributed by atoms with Crippen LogP contribution in [0.25, 0.3) is 5.57 Å². The van der Waals surface area contributed by atoms with Crippen molar-refractivity contribution in [2.45, 2.75) is 6.92 Å². The topological polar surface area (TPSA) is 35.5 Å². The zero-order chi connectivity index (χ0) is 14.8. The summed E-state index contributed by atoms with van der Waals surface area (Å²) in [4.78, 5) is 11.7. The van der Waals surface area contributed by atoms with Crippen molar-refractivity contribution in [2.24, 2.45) is 0 Å². The van der Waals surface area contributed by atoms with Crippen molar-refractivity contribution in [1.29, 1.82) is 0 Å². The first kappa shape index (κ1) is 13.4. The van der Waals surface area contributed by atoms with Crippen LogP contribution in [0.2, 0.25) is 0 Å². The molecule has 3 nitrogen and oxygen atoms in total. The van der Waals surface area contributed by atoms with E-state index in [9.17, 15) is 4.79 Å². The number of ether oxygens (including phenoxy) is 2. The average Bonchev–Trinajstić information content (AvgIpc) is 2.53. The summed E-state index contributed by atoms with van der Waals surface area (Å²) < 4.78 is 10.4. The van der Waals surface area contributed by atoms with Crippen molar-refractivity contribution < 1.29 is 14.3 Å². The molecular weight excluding hydrogens is 264 g/mol. The SMILES string of the molecule is COC(=O)c1ccc2c(c1)C(c1ccccc1C)=CCO2. The molecule has 0 fully saturated rings. The van der Waals surface area contributed by atoms with Gasteiger partial charge >= 0.3 is 5.97 Å². The molecule has 0 bridgehead atoms. The fraction of sp³-hybridized carbons (Fsp3) is 0.167. The largest absolute Gasteiger partial charge is 0.489 e. The van der Waals surface area contributed by atoms with Crippen molar-refractivity contribution in [3.8, 4) is 5.75 Å². The first-order chi connectivity index (χ1) is 10.2. The fourth-order valence-corrected chi connectivity index (χ4v) is 2.57. The number of hydrogen-bond donors (Lipinski definition) is 0. The van der Waals surface area contributed by atoms with Crippen LogP contribution in [-0.4, -0.2) is 19.7 Å². The number of hydrogen-bond acceptors (Lipinski definition) is 3. The molecule has 1 aliphatic heterocycles. The van der Waals surface area contributed by atoms with Crippen LogP contribution in [0, 0.1) is 6.92 Å². The molecule has 21 heavy (non-hydrogen) atoms. The lowest BCUT2D eigenvalue weighted by molar-refractivity contribution is 0.0600. The molecule has 2 aromatic rings. The molecule has 0 saturated heterocycles. The van der Waals surface area contributed by atoms with E-state index in [-0.39, 0.29) is 5.97 Å². The third-order valence-electron chi connectivity index (χ3n) is 3.65. The number of benzene rings is 2. The Morgan fingerprint density at radius 3 is 2.71 bits per heavy atom. The molecule has 2 aromatic carbocycles. The summed E-state index contributed by atoms with van der Waals surface area (Å²) in [6.07, 6.45) is 2.05. The minimum atomic E-state index is -0.340. The monoisotopic (exact) mass is 280 g/mol. The van der Waals surface area contributed by atoms with E-state index < -0.39 is 0 Å². The Morgan fingerprint density at radius 2 is 1.95 bits per heavy atom. The second kappa shape index (κ2) is 5.44. The first-order valence-electron chi connectivity index (χ1n) is 6.82. The Balaban J connectivity index is 2.13. The average molecular weight is 280 g/mol. The summed E-state index contributed by atoms with van der Waals surface area (Å²) in [6.45, 7) is 2.61. The summed E-state index contributed by atoms with van der Waals surface area (Å²) in [7, 11) is 1.39. The Kier molecular flexibility index (Phi) is 3.48. The summed E-state index contributed by atoms with van der Waals surface area (Å²) in [6, 6.07) is 13.6. The molecule has 0 aliphatic carbocycles. The Bertz CT molecular complexity index is 729. The van der Waals surface area contributed by atoms with Crippen molar-refractivity contribution >= 4 is 11.5 Å². The summed E-state index contributed by atoms with van der Waals surface area (Å²) in [5.74, 6) is 0.455. The first-order valence-corrected chi connectivity index (χ1v) is 6.82. The van der Waals surface area contributed by atoms with Gasteiger partial charge in [0.15, 0.2) is 0 Å². The van der Waals surface area contributed by atoms with E-state index in [4.69, 9.17) is 9.47 Å². The zero-order valence-electron chi connectivity index (χ0n) is 12.1. The van der Waals surface area contributed by atoms with Gasteiger partial charge in [-0.15, -0.1) is 0 Å². The van der Waals surface area contributed by atoms with E-state index in [0.29, 0.717) is 12.2 Å². The molecule has 0 unspecified atom stereocenters. The molecule has 1 aliphatic rings. The van der Waals surface area contributed by atoms with Gasteiger partial charge in [0.1, 0.15) is 12.4 Å². The lowest BCUT2D eigenvalue weighted by atomic mass is 9.91. The minimum absolute atomic E-state index is 0.340. The lowest BCUT2D eigenvalue weighted by Gasteiger charge is -2.20. The lowest BCUT2D eigenvalue weighted by Crippen LogP contribution is -2.09. The molecule has 106 valence electrons. The zero-order valence-corrected chi connectivity index (χ0v) is 12.1. The quantitative estimate of drug-likeness (QED) is 0.788. The minimum Gasteiger partial charge on any atom is -0.489 e. The number of esters is 1. The van der Waals surface area contributed by atoms with Crippen LogP contribution in [-0.2, 0) is 4.74 Å². The second-order valence-corrected chi connectivity index (χ2v) is 4.95. The third kappa shape index (κ3) is 2.42. The fourth-order valence-electron chi connectivity index (χ4n) is 2.57. The van der Waals surface area contributed by atoms with Crippen LogP contribution in [0.4, 0.5) is 0 Å². The molecule has 0 amide bonds. The van der Waals surface area contributed by atoms with Crippen LogP contribution in [0.5, 0.6) is 5.75 Å². The van der Waals surface area contributed by atoms with Crippen LogP contribution in [0.1, 0.15) is 27.0 Å². The van der Waals surface area contributed by atoms with E-state index in [1.54, 1.807) is 6.07 Å². The van der Waals surface area contributed by atoms with Gasteiger partial charge in [0, 0.05) is 5.56 Å². The van der Waals surface area contributed by atoms with Gasteiger partial charge in [-0.25, -0.2) is 4.79 Å². The summed E-state index contributed by atoms with van der Waals surface area (Å²) in [5, 5.41) is 0. The van der Waals surface area contributed by atoms with Gasteiger partial charge in [-0.2, -0.15) is 0 Å². The van der Waals surface area contributed by atoms with Crippen LogP contribution in [0.3, 0.4) is 0 Å². The van der Waals surface area contributed by atoms with Gasteiger partial charge < -0.3 is 9.47 Å². The molecule has 0 spiro atoms. The Hall–Kier alpha value is -2.55. The van der Waals surface area contributed by atoms with E-state index in [1.165, 1.54) is 12.7 Å².